The van der Waals surface area contributed by atoms with Crippen LogP contribution in [-0.4, -0.2) is 0 Å². The molecule has 17 heavy (non-hydrogen) atoms. The fraction of sp³-hybridized carbons (Fsp3) is 1.00. The molecule has 0 nitrogen and oxygen atoms in total. The molecule has 0 unspecified atom stereocenters. The van der Waals surface area contributed by atoms with Gasteiger partial charge in [-0.3, -0.25) is 0 Å². The molecule has 0 spiro atoms. The van der Waals surface area contributed by atoms with E-state index in [1.54, 1.807) is 12.8 Å². The average Bonchev–Trinajstić information content (AvgIpc) is 2.26. The molecule has 3 rings (SSSR count). The van der Waals surface area contributed by atoms with Gasteiger partial charge < -0.3 is 0 Å². The Balaban J connectivity index is 2.06. The molecule has 0 aromatic carbocycles. The zero-order chi connectivity index (χ0) is 12.6. The van der Waals surface area contributed by atoms with Crippen molar-refractivity contribution in [3.63, 3.8) is 0 Å². The quantitative estimate of drug-likeness (QED) is 0.555. The first-order valence-electron chi connectivity index (χ1n) is 7.95. The second-order valence-electron chi connectivity index (χ2n) is 7.93. The highest BCUT2D eigenvalue weighted by Crippen LogP contribution is 2.63. The molecule has 100 valence electrons. The van der Waals surface area contributed by atoms with Gasteiger partial charge in [-0.25, -0.2) is 0 Å². The van der Waals surface area contributed by atoms with Crippen LogP contribution in [0, 0.1) is 16.2 Å². The van der Waals surface area contributed by atoms with Gasteiger partial charge in [0, 0.05) is 0 Å². The Kier molecular flexibility index (Phi) is 3.63. The van der Waals surface area contributed by atoms with Gasteiger partial charge in [0.05, 0.1) is 0 Å². The summed E-state index contributed by atoms with van der Waals surface area (Å²) in [6, 6.07) is 0. The summed E-state index contributed by atoms with van der Waals surface area (Å²) in [4.78, 5) is 0. The van der Waals surface area contributed by atoms with Crippen LogP contribution in [0.15, 0.2) is 0 Å². The van der Waals surface area contributed by atoms with E-state index in [1.165, 1.54) is 51.4 Å². The molecule has 0 heterocycles. The molecule has 0 N–H and O–H groups in total. The number of rotatable bonds is 2. The van der Waals surface area contributed by atoms with E-state index in [2.05, 4.69) is 27.7 Å². The summed E-state index contributed by atoms with van der Waals surface area (Å²) in [6.45, 7) is 9.83. The normalized spacial score (nSPS) is 41.6. The van der Waals surface area contributed by atoms with Crippen LogP contribution in [0.5, 0.6) is 0 Å². The highest BCUT2D eigenvalue weighted by molar-refractivity contribution is 5.02. The van der Waals surface area contributed by atoms with E-state index in [0.29, 0.717) is 5.41 Å². The minimum absolute atomic E-state index is 0.601. The van der Waals surface area contributed by atoms with Crippen LogP contribution < -0.4 is 0 Å². The van der Waals surface area contributed by atoms with E-state index >= 15 is 0 Å². The zero-order valence-corrected chi connectivity index (χ0v) is 12.6. The molecule has 0 aliphatic heterocycles. The van der Waals surface area contributed by atoms with E-state index in [4.69, 9.17) is 0 Å². The summed E-state index contributed by atoms with van der Waals surface area (Å²) >= 11 is 0. The van der Waals surface area contributed by atoms with Crippen LogP contribution in [0.25, 0.3) is 0 Å². The molecule has 0 amide bonds. The summed E-state index contributed by atoms with van der Waals surface area (Å²) < 4.78 is 0. The Morgan fingerprint density at radius 1 is 0.706 bits per heavy atom. The van der Waals surface area contributed by atoms with Crippen molar-refractivity contribution in [3.05, 3.63) is 0 Å². The van der Waals surface area contributed by atoms with Gasteiger partial charge in [0.15, 0.2) is 0 Å². The fourth-order valence-electron chi connectivity index (χ4n) is 4.58. The number of hydrogen-bond donors (Lipinski definition) is 0. The molecule has 0 aromatic rings. The highest BCUT2D eigenvalue weighted by Gasteiger charge is 2.51. The summed E-state index contributed by atoms with van der Waals surface area (Å²) in [6.07, 6.45) is 14.8. The maximum Gasteiger partial charge on any atom is -0.0289 e. The summed E-state index contributed by atoms with van der Waals surface area (Å²) in [7, 11) is 0. The standard InChI is InChI=1S/C17H32/c1-5-16-10-8-7-9-15(3,4)11-12-17(6-2,13-16)14-16/h5-14H2,1-4H3. The molecule has 2 bridgehead atoms. The summed E-state index contributed by atoms with van der Waals surface area (Å²) in [5.41, 5.74) is 2.10. The van der Waals surface area contributed by atoms with Crippen molar-refractivity contribution in [1.29, 1.82) is 0 Å². The van der Waals surface area contributed by atoms with Crippen LogP contribution in [-0.2, 0) is 0 Å². The van der Waals surface area contributed by atoms with Crippen molar-refractivity contribution in [2.75, 3.05) is 0 Å². The van der Waals surface area contributed by atoms with Crippen molar-refractivity contribution in [3.8, 4) is 0 Å². The minimum atomic E-state index is 0.601. The van der Waals surface area contributed by atoms with Crippen LogP contribution >= 0.6 is 0 Å². The highest BCUT2D eigenvalue weighted by atomic mass is 14.6. The van der Waals surface area contributed by atoms with Crippen LogP contribution in [0.3, 0.4) is 0 Å². The van der Waals surface area contributed by atoms with Crippen molar-refractivity contribution in [2.24, 2.45) is 16.2 Å². The monoisotopic (exact) mass is 236 g/mol. The van der Waals surface area contributed by atoms with Gasteiger partial charge in [-0.15, -0.1) is 0 Å². The topological polar surface area (TPSA) is 0 Å². The van der Waals surface area contributed by atoms with Gasteiger partial charge in [-0.05, 0) is 54.8 Å². The van der Waals surface area contributed by atoms with Crippen molar-refractivity contribution >= 4 is 0 Å². The molecule has 3 saturated carbocycles. The predicted octanol–water partition coefficient (Wildman–Crippen LogP) is 5.95. The second kappa shape index (κ2) is 4.59. The zero-order valence-electron chi connectivity index (χ0n) is 12.6. The fourth-order valence-corrected chi connectivity index (χ4v) is 4.58. The smallest absolute Gasteiger partial charge is 0.0289 e. The number of hydrogen-bond acceptors (Lipinski definition) is 0. The number of fused-ring (bicyclic) bond motifs is 6. The Hall–Kier alpha value is 0. The van der Waals surface area contributed by atoms with E-state index in [-0.39, 0.29) is 0 Å². The van der Waals surface area contributed by atoms with Crippen LogP contribution in [0.1, 0.15) is 91.9 Å². The third kappa shape index (κ3) is 2.71. The first-order chi connectivity index (χ1) is 7.95. The lowest BCUT2D eigenvalue weighted by atomic mass is 9.47. The Morgan fingerprint density at radius 2 is 1.24 bits per heavy atom. The molecule has 0 heteroatoms. The molecular formula is C17H32. The minimum Gasteiger partial charge on any atom is -0.0649 e. The molecule has 0 aromatic heterocycles. The molecule has 0 radical (unpaired) electrons. The van der Waals surface area contributed by atoms with Crippen molar-refractivity contribution in [1.82, 2.24) is 0 Å². The van der Waals surface area contributed by atoms with E-state index in [1.807, 2.05) is 0 Å². The third-order valence-electron chi connectivity index (χ3n) is 6.14. The maximum absolute atomic E-state index is 2.49. The van der Waals surface area contributed by atoms with Gasteiger partial charge >= 0.3 is 0 Å². The van der Waals surface area contributed by atoms with Gasteiger partial charge in [0.1, 0.15) is 0 Å². The SMILES string of the molecule is CCC12CCCCC(C)(C)CCC(CC)(C1)C2. The molecule has 0 saturated heterocycles. The van der Waals surface area contributed by atoms with E-state index < -0.39 is 0 Å². The first-order valence-corrected chi connectivity index (χ1v) is 7.95. The molecule has 3 fully saturated rings. The van der Waals surface area contributed by atoms with Crippen LogP contribution in [0.4, 0.5) is 0 Å². The molecular weight excluding hydrogens is 204 g/mol. The first kappa shape index (κ1) is 13.4. The summed E-state index contributed by atoms with van der Waals surface area (Å²) in [5, 5.41) is 0. The maximum atomic E-state index is 2.49. The Bertz CT molecular complexity index is 255. The predicted molar refractivity (Wildman–Crippen MR) is 76.2 cm³/mol. The summed E-state index contributed by atoms with van der Waals surface area (Å²) in [5.74, 6) is 0. The lowest BCUT2D eigenvalue weighted by Crippen LogP contribution is -2.46. The van der Waals surface area contributed by atoms with Gasteiger partial charge in [0.25, 0.3) is 0 Å². The Morgan fingerprint density at radius 3 is 1.82 bits per heavy atom. The van der Waals surface area contributed by atoms with Crippen LogP contribution in [0.2, 0.25) is 0 Å². The molecule has 0 atom stereocenters. The van der Waals surface area contributed by atoms with E-state index in [9.17, 15) is 0 Å². The molecule has 3 aliphatic rings. The van der Waals surface area contributed by atoms with Gasteiger partial charge in [-0.1, -0.05) is 53.4 Å². The largest absolute Gasteiger partial charge is 0.0649 e. The lowest BCUT2D eigenvalue weighted by molar-refractivity contribution is -0.0712. The van der Waals surface area contributed by atoms with Crippen molar-refractivity contribution in [2.45, 2.75) is 91.9 Å². The second-order valence-corrected chi connectivity index (χ2v) is 7.93. The van der Waals surface area contributed by atoms with Gasteiger partial charge in [0.2, 0.25) is 0 Å². The van der Waals surface area contributed by atoms with E-state index in [0.717, 1.165) is 10.8 Å². The Labute approximate surface area is 109 Å². The van der Waals surface area contributed by atoms with Gasteiger partial charge in [-0.2, -0.15) is 0 Å². The third-order valence-corrected chi connectivity index (χ3v) is 6.14. The lowest BCUT2D eigenvalue weighted by Gasteiger charge is -2.58. The van der Waals surface area contributed by atoms with Crippen molar-refractivity contribution < 1.29 is 0 Å². The molecule has 3 aliphatic carbocycles. The average molecular weight is 236 g/mol.